The van der Waals surface area contributed by atoms with Crippen LogP contribution in [0, 0.1) is 5.82 Å². The molecule has 0 fully saturated rings. The average molecular weight is 219 g/mol. The summed E-state index contributed by atoms with van der Waals surface area (Å²) in [6.45, 7) is 1.63. The molecule has 2 nitrogen and oxygen atoms in total. The van der Waals surface area contributed by atoms with Crippen LogP contribution >= 0.6 is 11.6 Å². The number of rotatable bonds is 3. The molecule has 0 aliphatic carbocycles. The zero-order chi connectivity index (χ0) is 10.7. The first-order chi connectivity index (χ1) is 6.56. The fourth-order valence-corrected chi connectivity index (χ4v) is 1.42. The SMILES string of the molecule is COc1c(CC(C)O)ccc(Cl)c1F. The minimum Gasteiger partial charge on any atom is -0.493 e. The zero-order valence-corrected chi connectivity index (χ0v) is 8.81. The van der Waals surface area contributed by atoms with Crippen molar-refractivity contribution in [2.75, 3.05) is 7.11 Å². The van der Waals surface area contributed by atoms with Gasteiger partial charge in [0.25, 0.3) is 0 Å². The quantitative estimate of drug-likeness (QED) is 0.844. The Bertz CT molecular complexity index is 326. The van der Waals surface area contributed by atoms with Gasteiger partial charge in [0.1, 0.15) is 0 Å². The Balaban J connectivity index is 3.10. The van der Waals surface area contributed by atoms with Gasteiger partial charge in [0, 0.05) is 6.42 Å². The molecule has 78 valence electrons. The third-order valence-electron chi connectivity index (χ3n) is 1.85. The highest BCUT2D eigenvalue weighted by atomic mass is 35.5. The number of ether oxygens (including phenoxy) is 1. The van der Waals surface area contributed by atoms with Gasteiger partial charge in [0.15, 0.2) is 11.6 Å². The van der Waals surface area contributed by atoms with Crippen molar-refractivity contribution < 1.29 is 14.2 Å². The molecule has 4 heteroatoms. The van der Waals surface area contributed by atoms with Gasteiger partial charge in [-0.05, 0) is 18.6 Å². The number of hydrogen-bond acceptors (Lipinski definition) is 2. The van der Waals surface area contributed by atoms with Crippen molar-refractivity contribution >= 4 is 11.6 Å². The van der Waals surface area contributed by atoms with Crippen molar-refractivity contribution in [3.63, 3.8) is 0 Å². The molecule has 14 heavy (non-hydrogen) atoms. The Kier molecular flexibility index (Phi) is 3.72. The van der Waals surface area contributed by atoms with Crippen LogP contribution in [0.3, 0.4) is 0 Å². The molecular weight excluding hydrogens is 207 g/mol. The second kappa shape index (κ2) is 4.62. The monoisotopic (exact) mass is 218 g/mol. The predicted octanol–water partition coefficient (Wildman–Crippen LogP) is 2.41. The molecule has 0 aliphatic heterocycles. The maximum atomic E-state index is 13.4. The van der Waals surface area contributed by atoms with E-state index in [1.807, 2.05) is 0 Å². The van der Waals surface area contributed by atoms with Crippen LogP contribution in [-0.2, 0) is 6.42 Å². The van der Waals surface area contributed by atoms with E-state index in [4.69, 9.17) is 16.3 Å². The van der Waals surface area contributed by atoms with Gasteiger partial charge in [-0.3, -0.25) is 0 Å². The van der Waals surface area contributed by atoms with Crippen LogP contribution in [0.2, 0.25) is 5.02 Å². The smallest absolute Gasteiger partial charge is 0.183 e. The average Bonchev–Trinajstić information content (AvgIpc) is 2.11. The first-order valence-electron chi connectivity index (χ1n) is 4.25. The Morgan fingerprint density at radius 2 is 2.21 bits per heavy atom. The predicted molar refractivity (Wildman–Crippen MR) is 53.3 cm³/mol. The molecule has 0 spiro atoms. The molecule has 0 aliphatic rings. The molecular formula is C10H12ClFO2. The second-order valence-electron chi connectivity index (χ2n) is 3.11. The van der Waals surface area contributed by atoms with Gasteiger partial charge in [-0.15, -0.1) is 0 Å². The number of aliphatic hydroxyl groups excluding tert-OH is 1. The van der Waals surface area contributed by atoms with E-state index in [1.54, 1.807) is 13.0 Å². The maximum Gasteiger partial charge on any atom is 0.183 e. The molecule has 0 radical (unpaired) electrons. The highest BCUT2D eigenvalue weighted by Crippen LogP contribution is 2.29. The molecule has 1 aromatic carbocycles. The molecule has 0 amide bonds. The van der Waals surface area contributed by atoms with Crippen LogP contribution in [0.1, 0.15) is 12.5 Å². The van der Waals surface area contributed by atoms with E-state index in [9.17, 15) is 9.50 Å². The van der Waals surface area contributed by atoms with Crippen LogP contribution in [0.25, 0.3) is 0 Å². The van der Waals surface area contributed by atoms with Crippen LogP contribution in [0.15, 0.2) is 12.1 Å². The lowest BCUT2D eigenvalue weighted by Crippen LogP contribution is -2.06. The molecule has 0 saturated carbocycles. The van der Waals surface area contributed by atoms with Crippen LogP contribution < -0.4 is 4.74 Å². The van der Waals surface area contributed by atoms with E-state index >= 15 is 0 Å². The Hall–Kier alpha value is -0.800. The fraction of sp³-hybridized carbons (Fsp3) is 0.400. The summed E-state index contributed by atoms with van der Waals surface area (Å²) in [5.41, 5.74) is 0.615. The normalized spacial score (nSPS) is 12.6. The molecule has 0 heterocycles. The van der Waals surface area contributed by atoms with E-state index in [0.717, 1.165) is 0 Å². The third kappa shape index (κ3) is 2.36. The van der Waals surface area contributed by atoms with Gasteiger partial charge in [-0.2, -0.15) is 0 Å². The molecule has 1 aromatic rings. The highest BCUT2D eigenvalue weighted by molar-refractivity contribution is 6.30. The Labute approximate surface area is 87.3 Å². The van der Waals surface area contributed by atoms with E-state index in [0.29, 0.717) is 12.0 Å². The van der Waals surface area contributed by atoms with Crippen molar-refractivity contribution in [1.82, 2.24) is 0 Å². The van der Waals surface area contributed by atoms with Gasteiger partial charge in [-0.1, -0.05) is 17.7 Å². The Morgan fingerprint density at radius 3 is 2.71 bits per heavy atom. The molecule has 1 N–H and O–H groups in total. The third-order valence-corrected chi connectivity index (χ3v) is 2.14. The summed E-state index contributed by atoms with van der Waals surface area (Å²) in [5, 5.41) is 9.20. The second-order valence-corrected chi connectivity index (χ2v) is 3.51. The topological polar surface area (TPSA) is 29.5 Å². The maximum absolute atomic E-state index is 13.4. The van der Waals surface area contributed by atoms with Crippen molar-refractivity contribution in [2.45, 2.75) is 19.4 Å². The summed E-state index contributed by atoms with van der Waals surface area (Å²) < 4.78 is 18.3. The first kappa shape index (κ1) is 11.3. The molecule has 0 saturated heterocycles. The first-order valence-corrected chi connectivity index (χ1v) is 4.63. The highest BCUT2D eigenvalue weighted by Gasteiger charge is 2.13. The standard InChI is InChI=1S/C10H12ClFO2/c1-6(13)5-7-3-4-8(11)9(12)10(7)14-2/h3-4,6,13H,5H2,1-2H3. The lowest BCUT2D eigenvalue weighted by Gasteiger charge is -2.11. The van der Waals surface area contributed by atoms with Gasteiger partial charge in [0.05, 0.1) is 18.2 Å². The van der Waals surface area contributed by atoms with Gasteiger partial charge in [-0.25, -0.2) is 4.39 Å². The fourth-order valence-electron chi connectivity index (χ4n) is 1.27. The van der Waals surface area contributed by atoms with Gasteiger partial charge in [0.2, 0.25) is 0 Å². The van der Waals surface area contributed by atoms with Gasteiger partial charge >= 0.3 is 0 Å². The number of benzene rings is 1. The molecule has 0 bridgehead atoms. The lowest BCUT2D eigenvalue weighted by molar-refractivity contribution is 0.194. The van der Waals surface area contributed by atoms with Crippen LogP contribution in [-0.4, -0.2) is 18.3 Å². The summed E-state index contributed by atoms with van der Waals surface area (Å²) in [6, 6.07) is 3.11. The van der Waals surface area contributed by atoms with E-state index in [1.165, 1.54) is 13.2 Å². The molecule has 1 atom stereocenters. The zero-order valence-electron chi connectivity index (χ0n) is 8.05. The molecule has 1 unspecified atom stereocenters. The van der Waals surface area contributed by atoms with Crippen molar-refractivity contribution in [2.24, 2.45) is 0 Å². The van der Waals surface area contributed by atoms with Gasteiger partial charge < -0.3 is 9.84 Å². The van der Waals surface area contributed by atoms with E-state index < -0.39 is 11.9 Å². The van der Waals surface area contributed by atoms with E-state index in [2.05, 4.69) is 0 Å². The number of aliphatic hydroxyl groups is 1. The number of hydrogen-bond donors (Lipinski definition) is 1. The van der Waals surface area contributed by atoms with Crippen molar-refractivity contribution in [3.05, 3.63) is 28.5 Å². The minimum atomic E-state index is -0.577. The molecule has 0 aromatic heterocycles. The van der Waals surface area contributed by atoms with Crippen molar-refractivity contribution in [3.8, 4) is 5.75 Å². The minimum absolute atomic E-state index is 0.0243. The van der Waals surface area contributed by atoms with Crippen molar-refractivity contribution in [1.29, 1.82) is 0 Å². The summed E-state index contributed by atoms with van der Waals surface area (Å²) >= 11 is 5.58. The summed E-state index contributed by atoms with van der Waals surface area (Å²) in [7, 11) is 1.38. The van der Waals surface area contributed by atoms with E-state index in [-0.39, 0.29) is 10.8 Å². The molecule has 1 rings (SSSR count). The Morgan fingerprint density at radius 1 is 1.57 bits per heavy atom. The van der Waals surface area contributed by atoms with Crippen LogP contribution in [0.5, 0.6) is 5.75 Å². The lowest BCUT2D eigenvalue weighted by atomic mass is 10.1. The number of methoxy groups -OCH3 is 1. The summed E-state index contributed by atoms with van der Waals surface area (Å²) in [5.74, 6) is -0.467. The summed E-state index contributed by atoms with van der Waals surface area (Å²) in [4.78, 5) is 0. The van der Waals surface area contributed by atoms with Crippen LogP contribution in [0.4, 0.5) is 4.39 Å². The summed E-state index contributed by atoms with van der Waals surface area (Å²) in [6.07, 6.45) is -0.193. The number of halogens is 2. The largest absolute Gasteiger partial charge is 0.493 e.